The summed E-state index contributed by atoms with van der Waals surface area (Å²) in [5.74, 6) is 1.26. The number of hydrogen-bond donors (Lipinski definition) is 3. The molecule has 3 aromatic heterocycles. The predicted octanol–water partition coefficient (Wildman–Crippen LogP) is 3.93. The molecule has 0 spiro atoms. The van der Waals surface area contributed by atoms with E-state index < -0.39 is 0 Å². The molecule has 0 bridgehead atoms. The van der Waals surface area contributed by atoms with Gasteiger partial charge in [-0.15, -0.1) is 11.3 Å². The number of aryl methyl sites for hydroxylation is 2. The van der Waals surface area contributed by atoms with Gasteiger partial charge in [-0.3, -0.25) is 4.98 Å². The third-order valence-corrected chi connectivity index (χ3v) is 6.92. The molecule has 0 aliphatic heterocycles. The minimum atomic E-state index is -0.369. The summed E-state index contributed by atoms with van der Waals surface area (Å²) in [7, 11) is 1.67. The molecule has 8 nitrogen and oxygen atoms in total. The van der Waals surface area contributed by atoms with E-state index in [-0.39, 0.29) is 12.1 Å². The fraction of sp³-hybridized carbons (Fsp3) is 0.545. The van der Waals surface area contributed by atoms with Gasteiger partial charge < -0.3 is 20.5 Å². The molecular weight excluding hydrogens is 412 g/mol. The van der Waals surface area contributed by atoms with E-state index in [0.29, 0.717) is 24.9 Å². The van der Waals surface area contributed by atoms with Gasteiger partial charge in [-0.2, -0.15) is 4.98 Å². The van der Waals surface area contributed by atoms with Gasteiger partial charge in [-0.05, 0) is 32.8 Å². The molecule has 1 aliphatic carbocycles. The Kier molecular flexibility index (Phi) is 6.64. The van der Waals surface area contributed by atoms with E-state index >= 15 is 0 Å². The Morgan fingerprint density at radius 2 is 1.94 bits per heavy atom. The second kappa shape index (κ2) is 9.42. The summed E-state index contributed by atoms with van der Waals surface area (Å²) < 4.78 is 6.22. The molecule has 3 heterocycles. The molecule has 1 saturated carbocycles. The van der Waals surface area contributed by atoms with E-state index in [1.54, 1.807) is 18.4 Å². The lowest BCUT2D eigenvalue weighted by molar-refractivity contribution is 0.172. The monoisotopic (exact) mass is 442 g/mol. The fourth-order valence-electron chi connectivity index (χ4n) is 4.15. The summed E-state index contributed by atoms with van der Waals surface area (Å²) in [5.41, 5.74) is 3.17. The number of methoxy groups -OCH3 is 1. The van der Waals surface area contributed by atoms with Gasteiger partial charge in [-0.1, -0.05) is 19.3 Å². The van der Waals surface area contributed by atoms with Crippen LogP contribution in [-0.4, -0.2) is 57.4 Å². The number of ether oxygens (including phenoxy) is 1. The molecular formula is C22H30N6O2S. The number of nitrogens with zero attached hydrogens (tertiary/aromatic N) is 4. The van der Waals surface area contributed by atoms with Crippen LogP contribution in [0.1, 0.15) is 43.5 Å². The van der Waals surface area contributed by atoms with Crippen molar-refractivity contribution >= 4 is 33.3 Å². The zero-order valence-corrected chi connectivity index (χ0v) is 19.2. The predicted molar refractivity (Wildman–Crippen MR) is 125 cm³/mol. The van der Waals surface area contributed by atoms with E-state index in [0.717, 1.165) is 57.9 Å². The Morgan fingerprint density at radius 3 is 2.65 bits per heavy atom. The molecule has 1 fully saturated rings. The van der Waals surface area contributed by atoms with Crippen molar-refractivity contribution in [1.29, 1.82) is 0 Å². The quantitative estimate of drug-likeness (QED) is 0.451. The Labute approximate surface area is 186 Å². The summed E-state index contributed by atoms with van der Waals surface area (Å²) in [4.78, 5) is 18.8. The third kappa shape index (κ3) is 4.63. The number of aliphatic hydroxyl groups is 1. The van der Waals surface area contributed by atoms with Gasteiger partial charge in [0, 0.05) is 19.9 Å². The fourth-order valence-corrected chi connectivity index (χ4v) is 5.27. The van der Waals surface area contributed by atoms with Crippen molar-refractivity contribution in [1.82, 2.24) is 19.9 Å². The standard InChI is InChI=1S/C22H30N6O2S/c1-14-17(20-26-18-15(2)23-10-7-16(18)31-20)19(27-21(25-14)24-11-12-30-3)28-22(13-29)8-5-4-6-9-22/h7,10,29H,4-6,8-9,11-13H2,1-3H3,(H2,24,25,27,28). The van der Waals surface area contributed by atoms with Crippen LogP contribution in [0.3, 0.4) is 0 Å². The van der Waals surface area contributed by atoms with Crippen molar-refractivity contribution in [2.45, 2.75) is 51.5 Å². The average molecular weight is 443 g/mol. The van der Waals surface area contributed by atoms with Crippen molar-refractivity contribution in [3.8, 4) is 10.6 Å². The first-order valence-electron chi connectivity index (χ1n) is 10.8. The number of anilines is 2. The molecule has 31 heavy (non-hydrogen) atoms. The summed E-state index contributed by atoms with van der Waals surface area (Å²) in [6.07, 6.45) is 7.04. The second-order valence-corrected chi connectivity index (χ2v) is 9.19. The van der Waals surface area contributed by atoms with E-state index in [1.165, 1.54) is 6.42 Å². The van der Waals surface area contributed by atoms with Crippen LogP contribution in [0, 0.1) is 13.8 Å². The van der Waals surface area contributed by atoms with Crippen LogP contribution in [0.5, 0.6) is 0 Å². The van der Waals surface area contributed by atoms with E-state index in [4.69, 9.17) is 14.7 Å². The van der Waals surface area contributed by atoms with Crippen molar-refractivity contribution in [3.05, 3.63) is 23.7 Å². The molecule has 0 saturated heterocycles. The SMILES string of the molecule is COCCNc1nc(C)c(-c2nc3c(C)nccc3s2)c(NC2(CO)CCCCC2)n1. The number of hydrogen-bond acceptors (Lipinski definition) is 9. The van der Waals surface area contributed by atoms with E-state index in [1.807, 2.05) is 26.1 Å². The molecule has 0 aromatic carbocycles. The number of fused-ring (bicyclic) bond motifs is 1. The maximum Gasteiger partial charge on any atom is 0.224 e. The lowest BCUT2D eigenvalue weighted by Gasteiger charge is -2.37. The first-order valence-corrected chi connectivity index (χ1v) is 11.6. The van der Waals surface area contributed by atoms with Crippen LogP contribution < -0.4 is 10.6 Å². The molecule has 1 aliphatic rings. The lowest BCUT2D eigenvalue weighted by atomic mass is 9.82. The summed E-state index contributed by atoms with van der Waals surface area (Å²) >= 11 is 1.61. The third-order valence-electron chi connectivity index (χ3n) is 5.88. The maximum absolute atomic E-state index is 10.3. The minimum Gasteiger partial charge on any atom is -0.394 e. The minimum absolute atomic E-state index is 0.0742. The van der Waals surface area contributed by atoms with Crippen LogP contribution in [0.4, 0.5) is 11.8 Å². The van der Waals surface area contributed by atoms with Gasteiger partial charge in [-0.25, -0.2) is 9.97 Å². The molecule has 9 heteroatoms. The highest BCUT2D eigenvalue weighted by Crippen LogP contribution is 2.39. The Bertz CT molecular complexity index is 1050. The van der Waals surface area contributed by atoms with Crippen molar-refractivity contribution in [2.75, 3.05) is 37.5 Å². The summed E-state index contributed by atoms with van der Waals surface area (Å²) in [6.45, 7) is 5.21. The number of rotatable bonds is 8. The Balaban J connectivity index is 1.79. The highest BCUT2D eigenvalue weighted by Gasteiger charge is 2.33. The highest BCUT2D eigenvalue weighted by molar-refractivity contribution is 7.21. The molecule has 166 valence electrons. The Morgan fingerprint density at radius 1 is 1.13 bits per heavy atom. The van der Waals surface area contributed by atoms with Gasteiger partial charge in [0.05, 0.1) is 40.4 Å². The van der Waals surface area contributed by atoms with Crippen LogP contribution in [0.25, 0.3) is 20.8 Å². The maximum atomic E-state index is 10.3. The number of thiazole rings is 1. The summed E-state index contributed by atoms with van der Waals surface area (Å²) in [6, 6.07) is 1.99. The van der Waals surface area contributed by atoms with Crippen LogP contribution in [0.2, 0.25) is 0 Å². The zero-order valence-electron chi connectivity index (χ0n) is 18.4. The average Bonchev–Trinajstić information content (AvgIpc) is 3.19. The van der Waals surface area contributed by atoms with Crippen molar-refractivity contribution in [3.63, 3.8) is 0 Å². The van der Waals surface area contributed by atoms with E-state index in [9.17, 15) is 5.11 Å². The zero-order chi connectivity index (χ0) is 21.8. The van der Waals surface area contributed by atoms with Gasteiger partial charge >= 0.3 is 0 Å². The van der Waals surface area contributed by atoms with Gasteiger partial charge in [0.25, 0.3) is 0 Å². The second-order valence-electron chi connectivity index (χ2n) is 8.16. The van der Waals surface area contributed by atoms with Gasteiger partial charge in [0.15, 0.2) is 0 Å². The number of pyridine rings is 1. The molecule has 0 radical (unpaired) electrons. The number of nitrogens with one attached hydrogen (secondary N) is 2. The first kappa shape index (κ1) is 21.9. The first-order chi connectivity index (χ1) is 15.0. The van der Waals surface area contributed by atoms with Crippen LogP contribution in [0.15, 0.2) is 12.3 Å². The lowest BCUT2D eigenvalue weighted by Crippen LogP contribution is -2.44. The number of aromatic nitrogens is 4. The molecule has 3 N–H and O–H groups in total. The molecule has 0 amide bonds. The molecule has 3 aromatic rings. The van der Waals surface area contributed by atoms with Crippen molar-refractivity contribution in [2.24, 2.45) is 0 Å². The van der Waals surface area contributed by atoms with Crippen LogP contribution in [-0.2, 0) is 4.74 Å². The van der Waals surface area contributed by atoms with E-state index in [2.05, 4.69) is 20.6 Å². The summed E-state index contributed by atoms with van der Waals surface area (Å²) in [5, 5.41) is 18.0. The highest BCUT2D eigenvalue weighted by atomic mass is 32.1. The number of aliphatic hydroxyl groups excluding tert-OH is 1. The molecule has 4 rings (SSSR count). The normalized spacial score (nSPS) is 15.9. The smallest absolute Gasteiger partial charge is 0.224 e. The molecule has 0 atom stereocenters. The van der Waals surface area contributed by atoms with Crippen molar-refractivity contribution < 1.29 is 9.84 Å². The topological polar surface area (TPSA) is 105 Å². The largest absolute Gasteiger partial charge is 0.394 e. The molecule has 0 unspecified atom stereocenters. The van der Waals surface area contributed by atoms with Gasteiger partial charge in [0.2, 0.25) is 5.95 Å². The van der Waals surface area contributed by atoms with Gasteiger partial charge in [0.1, 0.15) is 16.3 Å². The Hall–Kier alpha value is -2.36. The van der Waals surface area contributed by atoms with Crippen LogP contribution >= 0.6 is 11.3 Å².